The zero-order valence-electron chi connectivity index (χ0n) is 12.3. The van der Waals surface area contributed by atoms with E-state index in [0.717, 1.165) is 11.1 Å². The van der Waals surface area contributed by atoms with Crippen LogP contribution < -0.4 is 10.6 Å². The van der Waals surface area contributed by atoms with E-state index < -0.39 is 0 Å². The number of halogens is 2. The smallest absolute Gasteiger partial charge is 0.146 e. The summed E-state index contributed by atoms with van der Waals surface area (Å²) >= 11 is 6.18. The predicted molar refractivity (Wildman–Crippen MR) is 87.3 cm³/mol. The molecular formula is C17H20ClFN2. The minimum absolute atomic E-state index is 0.0146. The van der Waals surface area contributed by atoms with E-state index in [4.69, 9.17) is 17.3 Å². The zero-order chi connectivity index (χ0) is 15.4. The number of rotatable bonds is 5. The first-order valence-corrected chi connectivity index (χ1v) is 7.34. The molecule has 0 aliphatic carbocycles. The number of nitrogens with two attached hydrogens (primary N) is 1. The third-order valence-electron chi connectivity index (χ3n) is 3.36. The van der Waals surface area contributed by atoms with Gasteiger partial charge in [0.2, 0.25) is 0 Å². The second-order valence-electron chi connectivity index (χ2n) is 5.38. The Balaban J connectivity index is 2.30. The molecule has 4 heteroatoms. The molecular weight excluding hydrogens is 287 g/mol. The van der Waals surface area contributed by atoms with Crippen molar-refractivity contribution in [2.45, 2.75) is 25.9 Å². The van der Waals surface area contributed by atoms with Crippen LogP contribution in [0, 0.1) is 5.82 Å². The third kappa shape index (κ3) is 3.96. The largest absolute Gasteiger partial charge is 0.368 e. The van der Waals surface area contributed by atoms with Gasteiger partial charge in [0.1, 0.15) is 5.82 Å². The summed E-state index contributed by atoms with van der Waals surface area (Å²) in [5.41, 5.74) is 8.34. The molecule has 21 heavy (non-hydrogen) atoms. The molecule has 0 aromatic heterocycles. The first-order valence-electron chi connectivity index (χ1n) is 6.96. The maximum atomic E-state index is 14.2. The van der Waals surface area contributed by atoms with E-state index in [2.05, 4.69) is 0 Å². The van der Waals surface area contributed by atoms with Crippen LogP contribution >= 0.6 is 11.6 Å². The summed E-state index contributed by atoms with van der Waals surface area (Å²) in [4.78, 5) is 1.88. The fourth-order valence-electron chi connectivity index (χ4n) is 2.46. The normalized spacial score (nSPS) is 12.2. The standard InChI is InChI=1S/C17H20ClFN2/c1-12(20)10-13-7-5-9-16(19)17(13)21(2)11-14-6-3-4-8-15(14)18/h3-9,12H,10-11,20H2,1-2H3. The Labute approximate surface area is 130 Å². The predicted octanol–water partition coefficient (Wildman–Crippen LogP) is 4.01. The maximum absolute atomic E-state index is 14.2. The fourth-order valence-corrected chi connectivity index (χ4v) is 2.66. The van der Waals surface area contributed by atoms with Gasteiger partial charge in [-0.05, 0) is 36.6 Å². The van der Waals surface area contributed by atoms with E-state index in [-0.39, 0.29) is 11.9 Å². The Bertz CT molecular complexity index is 613. The lowest BCUT2D eigenvalue weighted by atomic mass is 10.0. The number of nitrogens with zero attached hydrogens (tertiary/aromatic N) is 1. The summed E-state index contributed by atoms with van der Waals surface area (Å²) in [5.74, 6) is -0.234. The number of anilines is 1. The Kier molecular flexibility index (Phi) is 5.21. The van der Waals surface area contributed by atoms with Gasteiger partial charge in [0, 0.05) is 24.7 Å². The summed E-state index contributed by atoms with van der Waals surface area (Å²) in [5, 5.41) is 0.689. The fraction of sp³-hybridized carbons (Fsp3) is 0.294. The van der Waals surface area contributed by atoms with E-state index in [0.29, 0.717) is 23.7 Å². The average molecular weight is 307 g/mol. The van der Waals surface area contributed by atoms with Crippen molar-refractivity contribution in [1.82, 2.24) is 0 Å². The molecule has 0 bridgehead atoms. The molecule has 0 fully saturated rings. The molecule has 0 aliphatic rings. The summed E-state index contributed by atoms with van der Waals surface area (Å²) < 4.78 is 14.2. The van der Waals surface area contributed by atoms with E-state index in [9.17, 15) is 4.39 Å². The van der Waals surface area contributed by atoms with Gasteiger partial charge in [-0.1, -0.05) is 41.9 Å². The van der Waals surface area contributed by atoms with Crippen LogP contribution in [0.3, 0.4) is 0 Å². The van der Waals surface area contributed by atoms with E-state index >= 15 is 0 Å². The molecule has 0 saturated carbocycles. The monoisotopic (exact) mass is 306 g/mol. The molecule has 0 radical (unpaired) electrons. The Morgan fingerprint density at radius 2 is 1.81 bits per heavy atom. The van der Waals surface area contributed by atoms with Crippen molar-refractivity contribution in [1.29, 1.82) is 0 Å². The van der Waals surface area contributed by atoms with Crippen molar-refractivity contribution in [2.24, 2.45) is 5.73 Å². The van der Waals surface area contributed by atoms with E-state index in [1.165, 1.54) is 6.07 Å². The lowest BCUT2D eigenvalue weighted by Crippen LogP contribution is -2.23. The molecule has 2 aromatic rings. The second-order valence-corrected chi connectivity index (χ2v) is 5.78. The van der Waals surface area contributed by atoms with Gasteiger partial charge in [-0.2, -0.15) is 0 Å². The van der Waals surface area contributed by atoms with Crippen molar-refractivity contribution in [3.63, 3.8) is 0 Å². The molecule has 0 saturated heterocycles. The lowest BCUT2D eigenvalue weighted by Gasteiger charge is -2.24. The summed E-state index contributed by atoms with van der Waals surface area (Å²) in [6.45, 7) is 2.47. The minimum Gasteiger partial charge on any atom is -0.368 e. The summed E-state index contributed by atoms with van der Waals surface area (Å²) in [6, 6.07) is 12.7. The first kappa shape index (κ1) is 15.8. The summed E-state index contributed by atoms with van der Waals surface area (Å²) in [7, 11) is 1.87. The van der Waals surface area contributed by atoms with Crippen LogP contribution in [-0.2, 0) is 13.0 Å². The zero-order valence-corrected chi connectivity index (χ0v) is 13.1. The molecule has 0 heterocycles. The van der Waals surface area contributed by atoms with Gasteiger partial charge < -0.3 is 10.6 Å². The van der Waals surface area contributed by atoms with Gasteiger partial charge in [-0.25, -0.2) is 4.39 Å². The maximum Gasteiger partial charge on any atom is 0.146 e. The number of benzene rings is 2. The van der Waals surface area contributed by atoms with Crippen molar-refractivity contribution in [3.05, 3.63) is 64.4 Å². The molecule has 0 amide bonds. The van der Waals surface area contributed by atoms with Crippen molar-refractivity contribution >= 4 is 17.3 Å². The van der Waals surface area contributed by atoms with Gasteiger partial charge in [-0.3, -0.25) is 0 Å². The summed E-state index contributed by atoms with van der Waals surface area (Å²) in [6.07, 6.45) is 0.639. The van der Waals surface area contributed by atoms with Crippen LogP contribution in [0.4, 0.5) is 10.1 Å². The molecule has 0 spiro atoms. The second kappa shape index (κ2) is 6.92. The highest BCUT2D eigenvalue weighted by Crippen LogP contribution is 2.27. The number of para-hydroxylation sites is 1. The molecule has 1 atom stereocenters. The van der Waals surface area contributed by atoms with Gasteiger partial charge in [0.25, 0.3) is 0 Å². The molecule has 1 unspecified atom stereocenters. The molecule has 112 valence electrons. The molecule has 2 rings (SSSR count). The van der Waals surface area contributed by atoms with Crippen LogP contribution in [0.1, 0.15) is 18.1 Å². The molecule has 2 N–H and O–H groups in total. The SMILES string of the molecule is CC(N)Cc1cccc(F)c1N(C)Cc1ccccc1Cl. The van der Waals surface area contributed by atoms with Gasteiger partial charge >= 0.3 is 0 Å². The van der Waals surface area contributed by atoms with E-state index in [1.807, 2.05) is 49.2 Å². The minimum atomic E-state index is -0.234. The highest BCUT2D eigenvalue weighted by atomic mass is 35.5. The van der Waals surface area contributed by atoms with Crippen molar-refractivity contribution in [2.75, 3.05) is 11.9 Å². The van der Waals surface area contributed by atoms with Crippen LogP contribution in [0.15, 0.2) is 42.5 Å². The Morgan fingerprint density at radius 3 is 2.48 bits per heavy atom. The lowest BCUT2D eigenvalue weighted by molar-refractivity contribution is 0.616. The Hall–Kier alpha value is -1.58. The quantitative estimate of drug-likeness (QED) is 0.904. The number of hydrogen-bond acceptors (Lipinski definition) is 2. The molecule has 0 aliphatic heterocycles. The third-order valence-corrected chi connectivity index (χ3v) is 3.73. The topological polar surface area (TPSA) is 29.3 Å². The molecule has 2 nitrogen and oxygen atoms in total. The van der Waals surface area contributed by atoms with E-state index in [1.54, 1.807) is 6.07 Å². The van der Waals surface area contributed by atoms with Crippen LogP contribution in [0.5, 0.6) is 0 Å². The average Bonchev–Trinajstić information content (AvgIpc) is 2.40. The van der Waals surface area contributed by atoms with Crippen LogP contribution in [0.2, 0.25) is 5.02 Å². The van der Waals surface area contributed by atoms with Crippen molar-refractivity contribution in [3.8, 4) is 0 Å². The van der Waals surface area contributed by atoms with Gasteiger partial charge in [0.15, 0.2) is 0 Å². The Morgan fingerprint density at radius 1 is 1.14 bits per heavy atom. The van der Waals surface area contributed by atoms with Crippen LogP contribution in [0.25, 0.3) is 0 Å². The highest BCUT2D eigenvalue weighted by Gasteiger charge is 2.15. The van der Waals surface area contributed by atoms with Crippen molar-refractivity contribution < 1.29 is 4.39 Å². The highest BCUT2D eigenvalue weighted by molar-refractivity contribution is 6.31. The first-order chi connectivity index (χ1) is 9.99. The molecule has 2 aromatic carbocycles. The van der Waals surface area contributed by atoms with Gasteiger partial charge in [-0.15, -0.1) is 0 Å². The number of hydrogen-bond donors (Lipinski definition) is 1. The van der Waals surface area contributed by atoms with Crippen LogP contribution in [-0.4, -0.2) is 13.1 Å². The van der Waals surface area contributed by atoms with Gasteiger partial charge in [0.05, 0.1) is 5.69 Å².